The fourth-order valence-electron chi connectivity index (χ4n) is 5.23. The second-order valence-corrected chi connectivity index (χ2v) is 8.42. The van der Waals surface area contributed by atoms with Crippen LogP contribution in [0.4, 0.5) is 11.4 Å². The van der Waals surface area contributed by atoms with Crippen LogP contribution in [0.3, 0.4) is 0 Å². The van der Waals surface area contributed by atoms with Crippen LogP contribution in [-0.2, 0) is 28.7 Å². The minimum Gasteiger partial charge on any atom is -0.465 e. The normalized spacial score (nSPS) is 23.8. The zero-order valence-electron chi connectivity index (χ0n) is 19.7. The van der Waals surface area contributed by atoms with Gasteiger partial charge in [-0.25, -0.2) is 0 Å². The number of hydrogen-bond acceptors (Lipinski definition) is 6. The van der Waals surface area contributed by atoms with Gasteiger partial charge < -0.3 is 19.3 Å². The molecule has 2 amide bonds. The van der Waals surface area contributed by atoms with E-state index in [-0.39, 0.29) is 13.2 Å². The summed E-state index contributed by atoms with van der Waals surface area (Å²) >= 11 is 0. The maximum atomic E-state index is 13.5. The van der Waals surface area contributed by atoms with Gasteiger partial charge in [-0.1, -0.05) is 36.4 Å². The van der Waals surface area contributed by atoms with Crippen molar-refractivity contribution >= 4 is 35.1 Å². The molecule has 2 aliphatic rings. The molecule has 0 saturated heterocycles. The molecule has 0 bridgehead atoms. The molecule has 2 aliphatic heterocycles. The van der Waals surface area contributed by atoms with E-state index in [9.17, 15) is 19.2 Å². The van der Waals surface area contributed by atoms with Crippen LogP contribution < -0.4 is 9.80 Å². The summed E-state index contributed by atoms with van der Waals surface area (Å²) in [6.45, 7) is 3.55. The molecule has 178 valence electrons. The van der Waals surface area contributed by atoms with Crippen LogP contribution in [0, 0.1) is 11.8 Å². The first-order valence-corrected chi connectivity index (χ1v) is 11.4. The fourth-order valence-corrected chi connectivity index (χ4v) is 5.23. The summed E-state index contributed by atoms with van der Waals surface area (Å²) in [6.07, 6.45) is 0. The molecular weight excluding hydrogens is 436 g/mol. The Labute approximate surface area is 198 Å². The van der Waals surface area contributed by atoms with Crippen LogP contribution in [0.2, 0.25) is 0 Å². The smallest absolute Gasteiger partial charge is 0.319 e. The monoisotopic (exact) mass is 464 g/mol. The molecule has 2 aromatic rings. The SMILES string of the molecule is CCOC(=O)C1C(=O)N(C)c2ccccc2C1C1c2ccccc2N(C)C(=O)C1C(=O)OCC. The van der Waals surface area contributed by atoms with Crippen molar-refractivity contribution in [2.24, 2.45) is 11.8 Å². The summed E-state index contributed by atoms with van der Waals surface area (Å²) < 4.78 is 10.6. The van der Waals surface area contributed by atoms with Crippen LogP contribution in [0.5, 0.6) is 0 Å². The number of fused-ring (bicyclic) bond motifs is 2. The zero-order chi connectivity index (χ0) is 24.6. The standard InChI is InChI=1S/C26H28N2O6/c1-5-33-25(31)21-19(15-11-7-9-13-17(15)27(3)23(21)29)20-16-12-8-10-14-18(16)28(4)24(30)22(20)26(32)34-6-2/h7-14,19-22H,5-6H2,1-4H3. The van der Waals surface area contributed by atoms with Gasteiger partial charge in [0.2, 0.25) is 11.8 Å². The Kier molecular flexibility index (Phi) is 6.41. The summed E-state index contributed by atoms with van der Waals surface area (Å²) in [7, 11) is 3.22. The summed E-state index contributed by atoms with van der Waals surface area (Å²) in [5.41, 5.74) is 2.66. The third-order valence-corrected chi connectivity index (χ3v) is 6.69. The molecule has 4 rings (SSSR count). The lowest BCUT2D eigenvalue weighted by Crippen LogP contribution is -2.52. The molecule has 2 aromatic carbocycles. The van der Waals surface area contributed by atoms with E-state index in [1.807, 2.05) is 24.3 Å². The van der Waals surface area contributed by atoms with Gasteiger partial charge in [-0.2, -0.15) is 0 Å². The molecule has 4 unspecified atom stereocenters. The van der Waals surface area contributed by atoms with Gasteiger partial charge in [0.25, 0.3) is 0 Å². The Morgan fingerprint density at radius 2 is 1.06 bits per heavy atom. The molecule has 0 radical (unpaired) electrons. The van der Waals surface area contributed by atoms with Crippen molar-refractivity contribution in [1.29, 1.82) is 0 Å². The first kappa shape index (κ1) is 23.5. The highest BCUT2D eigenvalue weighted by Gasteiger charge is 2.55. The molecule has 2 heterocycles. The van der Waals surface area contributed by atoms with E-state index in [1.54, 1.807) is 52.2 Å². The molecule has 0 aromatic heterocycles. The average Bonchev–Trinajstić information content (AvgIpc) is 2.83. The quantitative estimate of drug-likeness (QED) is 0.499. The first-order valence-electron chi connectivity index (χ1n) is 11.4. The van der Waals surface area contributed by atoms with Gasteiger partial charge in [0.05, 0.1) is 13.2 Å². The van der Waals surface area contributed by atoms with E-state index in [1.165, 1.54) is 9.80 Å². The minimum absolute atomic E-state index is 0.102. The van der Waals surface area contributed by atoms with Crippen molar-refractivity contribution in [3.8, 4) is 0 Å². The van der Waals surface area contributed by atoms with Crippen molar-refractivity contribution in [3.63, 3.8) is 0 Å². The summed E-state index contributed by atoms with van der Waals surface area (Å²) in [4.78, 5) is 56.3. The Bertz CT molecular complexity index is 1060. The molecular formula is C26H28N2O6. The molecule has 0 fully saturated rings. The van der Waals surface area contributed by atoms with Crippen molar-refractivity contribution in [3.05, 3.63) is 59.7 Å². The molecule has 8 nitrogen and oxygen atoms in total. The number of amides is 2. The molecule has 8 heteroatoms. The second kappa shape index (κ2) is 9.29. The summed E-state index contributed by atoms with van der Waals surface area (Å²) in [6, 6.07) is 14.5. The molecule has 4 atom stereocenters. The van der Waals surface area contributed by atoms with Crippen molar-refractivity contribution < 1.29 is 28.7 Å². The lowest BCUT2D eigenvalue weighted by Gasteiger charge is -2.45. The Morgan fingerprint density at radius 1 is 0.706 bits per heavy atom. The van der Waals surface area contributed by atoms with E-state index in [4.69, 9.17) is 9.47 Å². The first-order chi connectivity index (χ1) is 16.3. The molecule has 0 spiro atoms. The number of hydrogen-bond donors (Lipinski definition) is 0. The lowest BCUT2D eigenvalue weighted by molar-refractivity contribution is -0.158. The van der Waals surface area contributed by atoms with Crippen LogP contribution in [0.15, 0.2) is 48.5 Å². The van der Waals surface area contributed by atoms with E-state index < -0.39 is 47.4 Å². The van der Waals surface area contributed by atoms with Crippen molar-refractivity contribution in [2.75, 3.05) is 37.1 Å². The lowest BCUT2D eigenvalue weighted by atomic mass is 9.64. The third-order valence-electron chi connectivity index (χ3n) is 6.69. The fraction of sp³-hybridized carbons (Fsp3) is 0.385. The number of para-hydroxylation sites is 2. The highest BCUT2D eigenvalue weighted by Crippen LogP contribution is 2.53. The molecule has 0 N–H and O–H groups in total. The number of ether oxygens (including phenoxy) is 2. The number of esters is 2. The maximum absolute atomic E-state index is 13.5. The van der Waals surface area contributed by atoms with Crippen LogP contribution >= 0.6 is 0 Å². The summed E-state index contributed by atoms with van der Waals surface area (Å²) in [5, 5.41) is 0. The predicted octanol–water partition coefficient (Wildman–Crippen LogP) is 2.87. The Hall–Kier alpha value is -3.68. The molecule has 34 heavy (non-hydrogen) atoms. The van der Waals surface area contributed by atoms with Gasteiger partial charge in [-0.3, -0.25) is 19.2 Å². The van der Waals surface area contributed by atoms with Crippen LogP contribution in [0.1, 0.15) is 36.8 Å². The number of carbonyl (C=O) groups is 4. The van der Waals surface area contributed by atoms with E-state index in [0.717, 1.165) is 0 Å². The van der Waals surface area contributed by atoms with Gasteiger partial charge in [-0.05, 0) is 37.1 Å². The number of benzene rings is 2. The van der Waals surface area contributed by atoms with Gasteiger partial charge >= 0.3 is 11.9 Å². The number of rotatable bonds is 5. The van der Waals surface area contributed by atoms with Gasteiger partial charge in [-0.15, -0.1) is 0 Å². The number of anilines is 2. The second-order valence-electron chi connectivity index (χ2n) is 8.42. The Morgan fingerprint density at radius 3 is 1.41 bits per heavy atom. The topological polar surface area (TPSA) is 93.2 Å². The Balaban J connectivity index is 2.01. The van der Waals surface area contributed by atoms with Crippen molar-refractivity contribution in [1.82, 2.24) is 0 Å². The van der Waals surface area contributed by atoms with Gasteiger partial charge in [0, 0.05) is 37.3 Å². The van der Waals surface area contributed by atoms with Crippen LogP contribution in [0.25, 0.3) is 0 Å². The number of carbonyl (C=O) groups excluding carboxylic acids is 4. The van der Waals surface area contributed by atoms with Crippen molar-refractivity contribution in [2.45, 2.75) is 25.7 Å². The zero-order valence-corrected chi connectivity index (χ0v) is 19.7. The highest BCUT2D eigenvalue weighted by atomic mass is 16.5. The van der Waals surface area contributed by atoms with Crippen LogP contribution in [-0.4, -0.2) is 51.1 Å². The summed E-state index contributed by atoms with van der Waals surface area (Å²) in [5.74, 6) is -6.26. The van der Waals surface area contributed by atoms with Gasteiger partial charge in [0.15, 0.2) is 0 Å². The molecule has 0 aliphatic carbocycles. The minimum atomic E-state index is -1.22. The van der Waals surface area contributed by atoms with E-state index in [0.29, 0.717) is 22.5 Å². The van der Waals surface area contributed by atoms with E-state index in [2.05, 4.69) is 0 Å². The average molecular weight is 465 g/mol. The third kappa shape index (κ3) is 3.63. The van der Waals surface area contributed by atoms with E-state index >= 15 is 0 Å². The maximum Gasteiger partial charge on any atom is 0.319 e. The van der Waals surface area contributed by atoms with Gasteiger partial charge in [0.1, 0.15) is 11.8 Å². The molecule has 0 saturated carbocycles. The highest BCUT2D eigenvalue weighted by molar-refractivity contribution is 6.12. The number of nitrogens with zero attached hydrogens (tertiary/aromatic N) is 2. The predicted molar refractivity (Wildman–Crippen MR) is 125 cm³/mol. The largest absolute Gasteiger partial charge is 0.465 e.